The van der Waals surface area contributed by atoms with Gasteiger partial charge in [0.05, 0.1) is 31.3 Å². The molecule has 1 saturated heterocycles. The normalized spacial score (nSPS) is 18.3. The van der Waals surface area contributed by atoms with E-state index in [1.54, 1.807) is 54.6 Å². The predicted octanol–water partition coefficient (Wildman–Crippen LogP) is 4.03. The van der Waals surface area contributed by atoms with Gasteiger partial charge in [-0.15, -0.1) is 0 Å². The van der Waals surface area contributed by atoms with Gasteiger partial charge in [0.1, 0.15) is 11.6 Å². The summed E-state index contributed by atoms with van der Waals surface area (Å²) in [6.45, 7) is 0.294. The molecule has 2 aromatic carbocycles. The van der Waals surface area contributed by atoms with Crippen LogP contribution in [0.2, 0.25) is 0 Å². The van der Waals surface area contributed by atoms with Crippen molar-refractivity contribution in [3.63, 3.8) is 0 Å². The first kappa shape index (κ1) is 21.5. The summed E-state index contributed by atoms with van der Waals surface area (Å²) in [5.41, 5.74) is 2.11. The van der Waals surface area contributed by atoms with Crippen molar-refractivity contribution in [3.8, 4) is 5.75 Å². The Morgan fingerprint density at radius 3 is 2.53 bits per heavy atom. The molecule has 6 nitrogen and oxygen atoms in total. The minimum atomic E-state index is -0.561. The number of pyridine rings is 1. The highest BCUT2D eigenvalue weighted by Crippen LogP contribution is 2.40. The highest BCUT2D eigenvalue weighted by molar-refractivity contribution is 5.97. The average Bonchev–Trinajstić information content (AvgIpc) is 2.83. The largest absolute Gasteiger partial charge is 0.497 e. The molecule has 1 aliphatic rings. The van der Waals surface area contributed by atoms with E-state index in [4.69, 9.17) is 4.74 Å². The van der Waals surface area contributed by atoms with Crippen LogP contribution in [0.25, 0.3) is 0 Å². The first-order valence-electron chi connectivity index (χ1n) is 10.5. The fourth-order valence-corrected chi connectivity index (χ4v) is 4.07. The second kappa shape index (κ2) is 9.60. The molecule has 0 radical (unpaired) electrons. The van der Waals surface area contributed by atoms with Gasteiger partial charge in [-0.3, -0.25) is 14.6 Å². The number of carbonyl (C=O) groups is 2. The summed E-state index contributed by atoms with van der Waals surface area (Å²) in [6.07, 6.45) is 2.32. The van der Waals surface area contributed by atoms with Crippen LogP contribution in [0.3, 0.4) is 0 Å². The lowest BCUT2D eigenvalue weighted by molar-refractivity contribution is -0.129. The van der Waals surface area contributed by atoms with Gasteiger partial charge in [-0.25, -0.2) is 4.39 Å². The highest BCUT2D eigenvalue weighted by atomic mass is 19.1. The van der Waals surface area contributed by atoms with Crippen molar-refractivity contribution in [3.05, 3.63) is 90.0 Å². The number of nitrogens with one attached hydrogen (secondary N) is 1. The van der Waals surface area contributed by atoms with Crippen molar-refractivity contribution in [2.75, 3.05) is 12.0 Å². The van der Waals surface area contributed by atoms with Crippen molar-refractivity contribution in [2.24, 2.45) is 5.92 Å². The van der Waals surface area contributed by atoms with Crippen LogP contribution in [0.5, 0.6) is 5.75 Å². The number of halogens is 1. The Balaban J connectivity index is 1.66. The summed E-state index contributed by atoms with van der Waals surface area (Å²) >= 11 is 0. The van der Waals surface area contributed by atoms with Gasteiger partial charge in [-0.1, -0.05) is 18.2 Å². The molecule has 164 valence electrons. The summed E-state index contributed by atoms with van der Waals surface area (Å²) in [6, 6.07) is 18.1. The molecule has 3 aromatic rings. The summed E-state index contributed by atoms with van der Waals surface area (Å²) in [7, 11) is 1.57. The van der Waals surface area contributed by atoms with Crippen LogP contribution in [-0.4, -0.2) is 23.9 Å². The zero-order valence-corrected chi connectivity index (χ0v) is 17.7. The Hall–Kier alpha value is -3.74. The lowest BCUT2D eigenvalue weighted by atomic mass is 9.83. The van der Waals surface area contributed by atoms with Crippen molar-refractivity contribution >= 4 is 17.5 Å². The van der Waals surface area contributed by atoms with Gasteiger partial charge in [-0.05, 0) is 60.5 Å². The molecule has 1 fully saturated rings. The maximum Gasteiger partial charge on any atom is 0.227 e. The number of rotatable bonds is 6. The number of nitrogens with zero attached hydrogens (tertiary/aromatic N) is 2. The number of anilines is 1. The van der Waals surface area contributed by atoms with Crippen LogP contribution >= 0.6 is 0 Å². The Morgan fingerprint density at radius 1 is 1.12 bits per heavy atom. The Morgan fingerprint density at radius 2 is 1.88 bits per heavy atom. The molecular formula is C25H24FN3O3. The second-order valence-electron chi connectivity index (χ2n) is 7.64. The summed E-state index contributed by atoms with van der Waals surface area (Å²) in [5, 5.41) is 2.95. The zero-order valence-electron chi connectivity index (χ0n) is 17.7. The van der Waals surface area contributed by atoms with Crippen LogP contribution < -0.4 is 15.0 Å². The standard InChI is InChI=1S/C25H24FN3O3/c1-32-21-11-9-20(10-12-21)29-23(30)14-13-22(24(29)17-5-7-18(26)8-6-17)25(31)28-16-19-4-2-3-15-27-19/h2-12,15,22,24H,13-14,16H2,1H3,(H,28,31)/t22-,24+/m0/s1. The molecule has 2 atom stereocenters. The minimum Gasteiger partial charge on any atom is -0.497 e. The Bertz CT molecular complexity index is 1070. The van der Waals surface area contributed by atoms with E-state index in [0.717, 1.165) is 5.69 Å². The van der Waals surface area contributed by atoms with Crippen molar-refractivity contribution in [2.45, 2.75) is 25.4 Å². The first-order chi connectivity index (χ1) is 15.6. The monoisotopic (exact) mass is 433 g/mol. The average molecular weight is 433 g/mol. The molecule has 32 heavy (non-hydrogen) atoms. The summed E-state index contributed by atoms with van der Waals surface area (Å²) < 4.78 is 18.8. The van der Waals surface area contributed by atoms with Gasteiger partial charge in [0.15, 0.2) is 0 Å². The fraction of sp³-hybridized carbons (Fsp3) is 0.240. The number of hydrogen-bond donors (Lipinski definition) is 1. The minimum absolute atomic E-state index is 0.0849. The van der Waals surface area contributed by atoms with Crippen LogP contribution in [0.4, 0.5) is 10.1 Å². The van der Waals surface area contributed by atoms with Gasteiger partial charge in [0, 0.05) is 18.3 Å². The number of carbonyl (C=O) groups excluding carboxylic acids is 2. The number of hydrogen-bond acceptors (Lipinski definition) is 4. The molecule has 2 amide bonds. The molecule has 0 saturated carbocycles. The van der Waals surface area contributed by atoms with E-state index in [2.05, 4.69) is 10.3 Å². The maximum absolute atomic E-state index is 13.6. The molecule has 1 aliphatic heterocycles. The molecule has 2 heterocycles. The zero-order chi connectivity index (χ0) is 22.5. The smallest absolute Gasteiger partial charge is 0.227 e. The lowest BCUT2D eigenvalue weighted by Gasteiger charge is -2.41. The van der Waals surface area contributed by atoms with Gasteiger partial charge in [-0.2, -0.15) is 0 Å². The fourth-order valence-electron chi connectivity index (χ4n) is 4.07. The molecule has 0 aliphatic carbocycles. The molecule has 0 bridgehead atoms. The van der Waals surface area contributed by atoms with E-state index in [0.29, 0.717) is 30.0 Å². The highest BCUT2D eigenvalue weighted by Gasteiger charge is 2.41. The van der Waals surface area contributed by atoms with Gasteiger partial charge in [0.2, 0.25) is 11.8 Å². The maximum atomic E-state index is 13.6. The molecular weight excluding hydrogens is 409 g/mol. The van der Waals surface area contributed by atoms with E-state index in [9.17, 15) is 14.0 Å². The third kappa shape index (κ3) is 4.61. The molecule has 1 N–H and O–H groups in total. The predicted molar refractivity (Wildman–Crippen MR) is 118 cm³/mol. The van der Waals surface area contributed by atoms with Crippen molar-refractivity contribution in [1.29, 1.82) is 0 Å². The van der Waals surface area contributed by atoms with Crippen LogP contribution in [0.15, 0.2) is 72.9 Å². The van der Waals surface area contributed by atoms with Crippen LogP contribution in [0.1, 0.15) is 30.1 Å². The topological polar surface area (TPSA) is 71.5 Å². The molecule has 0 spiro atoms. The Kier molecular flexibility index (Phi) is 6.44. The van der Waals surface area contributed by atoms with Gasteiger partial charge < -0.3 is 15.0 Å². The third-order valence-electron chi connectivity index (χ3n) is 5.67. The summed E-state index contributed by atoms with van der Waals surface area (Å²) in [5.74, 6) is -0.456. The molecule has 4 rings (SSSR count). The SMILES string of the molecule is COc1ccc(N2C(=O)CC[C@H](C(=O)NCc3ccccn3)[C@H]2c2ccc(F)cc2)cc1. The van der Waals surface area contributed by atoms with Gasteiger partial charge in [0.25, 0.3) is 0 Å². The number of ether oxygens (including phenoxy) is 1. The molecule has 7 heteroatoms. The number of methoxy groups -OCH3 is 1. The van der Waals surface area contributed by atoms with Gasteiger partial charge >= 0.3 is 0 Å². The summed E-state index contributed by atoms with van der Waals surface area (Å²) in [4.78, 5) is 32.1. The number of benzene rings is 2. The molecule has 0 unspecified atom stereocenters. The van der Waals surface area contributed by atoms with E-state index in [1.807, 2.05) is 18.2 Å². The lowest BCUT2D eigenvalue weighted by Crippen LogP contribution is -2.48. The number of piperidine rings is 1. The number of amides is 2. The van der Waals surface area contributed by atoms with E-state index in [-0.39, 0.29) is 24.1 Å². The van der Waals surface area contributed by atoms with E-state index in [1.165, 1.54) is 12.1 Å². The van der Waals surface area contributed by atoms with Crippen molar-refractivity contribution in [1.82, 2.24) is 10.3 Å². The Labute approximate surface area is 186 Å². The van der Waals surface area contributed by atoms with Crippen molar-refractivity contribution < 1.29 is 18.7 Å². The second-order valence-corrected chi connectivity index (χ2v) is 7.64. The quantitative estimate of drug-likeness (QED) is 0.637. The first-order valence-corrected chi connectivity index (χ1v) is 10.5. The van der Waals surface area contributed by atoms with Crippen LogP contribution in [0, 0.1) is 11.7 Å². The number of aromatic nitrogens is 1. The van der Waals surface area contributed by atoms with E-state index >= 15 is 0 Å². The van der Waals surface area contributed by atoms with E-state index < -0.39 is 12.0 Å². The molecule has 1 aromatic heterocycles. The third-order valence-corrected chi connectivity index (χ3v) is 5.67. The van der Waals surface area contributed by atoms with Crippen LogP contribution in [-0.2, 0) is 16.1 Å².